The van der Waals surface area contributed by atoms with Crippen molar-refractivity contribution in [3.05, 3.63) is 22.3 Å². The van der Waals surface area contributed by atoms with Crippen molar-refractivity contribution >= 4 is 15.9 Å². The Morgan fingerprint density at radius 1 is 1.64 bits per heavy atom. The van der Waals surface area contributed by atoms with Crippen LogP contribution in [-0.4, -0.2) is 17.2 Å². The largest absolute Gasteiger partial charge is 0.481 e. The maximum absolute atomic E-state index is 8.79. The number of nitrogens with zero attached hydrogens (tertiary/aromatic N) is 1. The van der Waals surface area contributed by atoms with Crippen LogP contribution in [0.2, 0.25) is 0 Å². The second kappa shape index (κ2) is 3.69. The van der Waals surface area contributed by atoms with E-state index in [1.165, 1.54) is 7.11 Å². The van der Waals surface area contributed by atoms with Crippen LogP contribution in [0.5, 0.6) is 5.88 Å². The first-order valence-electron chi connectivity index (χ1n) is 3.08. The molecule has 0 saturated heterocycles. The number of pyridine rings is 1. The van der Waals surface area contributed by atoms with E-state index in [1.54, 1.807) is 12.1 Å². The van der Waals surface area contributed by atoms with Gasteiger partial charge in [0.15, 0.2) is 0 Å². The lowest BCUT2D eigenvalue weighted by Gasteiger charge is -2.02. The van der Waals surface area contributed by atoms with Crippen LogP contribution in [0.1, 0.15) is 5.69 Å². The lowest BCUT2D eigenvalue weighted by atomic mass is 10.4. The zero-order valence-corrected chi connectivity index (χ0v) is 7.63. The van der Waals surface area contributed by atoms with Crippen LogP contribution in [0.3, 0.4) is 0 Å². The highest BCUT2D eigenvalue weighted by Gasteiger charge is 2.00. The summed E-state index contributed by atoms with van der Waals surface area (Å²) in [6.07, 6.45) is 0. The summed E-state index contributed by atoms with van der Waals surface area (Å²) < 4.78 is 5.66. The summed E-state index contributed by atoms with van der Waals surface area (Å²) >= 11 is 3.24. The van der Waals surface area contributed by atoms with E-state index in [0.29, 0.717) is 11.6 Å². The molecule has 0 unspecified atom stereocenters. The van der Waals surface area contributed by atoms with Gasteiger partial charge in [0.25, 0.3) is 0 Å². The molecule has 0 amide bonds. The Morgan fingerprint density at radius 2 is 2.36 bits per heavy atom. The molecule has 0 aliphatic carbocycles. The fourth-order valence-corrected chi connectivity index (χ4v) is 1.04. The molecule has 60 valence electrons. The van der Waals surface area contributed by atoms with Crippen LogP contribution < -0.4 is 4.74 Å². The standard InChI is InChI=1S/C7H8BrNO2/c1-11-7-3-2-5(8)6(4-10)9-7/h2-3,10H,4H2,1H3. The number of rotatable bonds is 2. The number of hydrogen-bond donors (Lipinski definition) is 1. The Morgan fingerprint density at radius 3 is 2.91 bits per heavy atom. The molecule has 0 aromatic carbocycles. The number of aliphatic hydroxyl groups is 1. The monoisotopic (exact) mass is 217 g/mol. The van der Waals surface area contributed by atoms with Gasteiger partial charge < -0.3 is 9.84 Å². The second-order valence-corrected chi connectivity index (χ2v) is 2.79. The van der Waals surface area contributed by atoms with E-state index in [-0.39, 0.29) is 6.61 Å². The van der Waals surface area contributed by atoms with Crippen molar-refractivity contribution in [1.82, 2.24) is 4.98 Å². The molecule has 11 heavy (non-hydrogen) atoms. The minimum Gasteiger partial charge on any atom is -0.481 e. The van der Waals surface area contributed by atoms with Crippen molar-refractivity contribution < 1.29 is 9.84 Å². The summed E-state index contributed by atoms with van der Waals surface area (Å²) in [6, 6.07) is 3.51. The summed E-state index contributed by atoms with van der Waals surface area (Å²) in [6.45, 7) is -0.0855. The fraction of sp³-hybridized carbons (Fsp3) is 0.286. The molecule has 4 heteroatoms. The summed E-state index contributed by atoms with van der Waals surface area (Å²) in [5.41, 5.74) is 0.587. The van der Waals surface area contributed by atoms with Crippen molar-refractivity contribution in [3.8, 4) is 5.88 Å². The summed E-state index contributed by atoms with van der Waals surface area (Å²) in [5.74, 6) is 0.511. The summed E-state index contributed by atoms with van der Waals surface area (Å²) in [7, 11) is 1.54. The average molecular weight is 218 g/mol. The van der Waals surface area contributed by atoms with Gasteiger partial charge in [0.1, 0.15) is 0 Å². The maximum atomic E-state index is 8.79. The Kier molecular flexibility index (Phi) is 2.84. The minimum atomic E-state index is -0.0855. The molecule has 0 atom stereocenters. The zero-order chi connectivity index (χ0) is 8.27. The Bertz CT molecular complexity index is 252. The summed E-state index contributed by atoms with van der Waals surface area (Å²) in [5, 5.41) is 8.79. The number of ether oxygens (including phenoxy) is 1. The lowest BCUT2D eigenvalue weighted by molar-refractivity contribution is 0.273. The van der Waals surface area contributed by atoms with Crippen LogP contribution in [0.25, 0.3) is 0 Å². The fourth-order valence-electron chi connectivity index (χ4n) is 0.689. The van der Waals surface area contributed by atoms with E-state index < -0.39 is 0 Å². The zero-order valence-electron chi connectivity index (χ0n) is 6.04. The first-order valence-corrected chi connectivity index (χ1v) is 3.87. The topological polar surface area (TPSA) is 42.4 Å². The number of hydrogen-bond acceptors (Lipinski definition) is 3. The molecule has 0 spiro atoms. The van der Waals surface area contributed by atoms with Crippen molar-refractivity contribution in [2.45, 2.75) is 6.61 Å². The van der Waals surface area contributed by atoms with Gasteiger partial charge in [-0.05, 0) is 22.0 Å². The molecule has 0 bridgehead atoms. The minimum absolute atomic E-state index is 0.0855. The highest BCUT2D eigenvalue weighted by atomic mass is 79.9. The third kappa shape index (κ3) is 1.91. The van der Waals surface area contributed by atoms with Crippen molar-refractivity contribution in [2.24, 2.45) is 0 Å². The van der Waals surface area contributed by atoms with Gasteiger partial charge in [0.2, 0.25) is 5.88 Å². The average Bonchev–Trinajstić information content (AvgIpc) is 2.05. The Labute approximate surface area is 73.2 Å². The normalized spacial score (nSPS) is 9.73. The smallest absolute Gasteiger partial charge is 0.213 e. The highest BCUT2D eigenvalue weighted by molar-refractivity contribution is 9.10. The van der Waals surface area contributed by atoms with Gasteiger partial charge in [-0.3, -0.25) is 0 Å². The Balaban J connectivity index is 3.02. The van der Waals surface area contributed by atoms with E-state index >= 15 is 0 Å². The Hall–Kier alpha value is -0.610. The first-order chi connectivity index (χ1) is 5.27. The summed E-state index contributed by atoms with van der Waals surface area (Å²) in [4.78, 5) is 3.99. The van der Waals surface area contributed by atoms with E-state index in [4.69, 9.17) is 9.84 Å². The second-order valence-electron chi connectivity index (χ2n) is 1.94. The van der Waals surface area contributed by atoms with Crippen LogP contribution >= 0.6 is 15.9 Å². The van der Waals surface area contributed by atoms with Gasteiger partial charge in [-0.2, -0.15) is 0 Å². The number of aliphatic hydroxyl groups excluding tert-OH is 1. The molecule has 0 radical (unpaired) electrons. The van der Waals surface area contributed by atoms with Gasteiger partial charge in [0.05, 0.1) is 19.4 Å². The highest BCUT2D eigenvalue weighted by Crippen LogP contribution is 2.17. The molecular weight excluding hydrogens is 210 g/mol. The van der Waals surface area contributed by atoms with Gasteiger partial charge >= 0.3 is 0 Å². The van der Waals surface area contributed by atoms with Crippen LogP contribution in [0.15, 0.2) is 16.6 Å². The molecule has 0 aliphatic heterocycles. The lowest BCUT2D eigenvalue weighted by Crippen LogP contribution is -1.94. The van der Waals surface area contributed by atoms with Crippen LogP contribution in [0, 0.1) is 0 Å². The van der Waals surface area contributed by atoms with Gasteiger partial charge in [-0.1, -0.05) is 0 Å². The van der Waals surface area contributed by atoms with Crippen LogP contribution in [0.4, 0.5) is 0 Å². The van der Waals surface area contributed by atoms with Crippen molar-refractivity contribution in [2.75, 3.05) is 7.11 Å². The molecule has 1 aromatic heterocycles. The first kappa shape index (κ1) is 8.49. The van der Waals surface area contributed by atoms with Gasteiger partial charge in [-0.25, -0.2) is 4.98 Å². The van der Waals surface area contributed by atoms with E-state index in [1.807, 2.05) is 0 Å². The van der Waals surface area contributed by atoms with Crippen molar-refractivity contribution in [3.63, 3.8) is 0 Å². The van der Waals surface area contributed by atoms with Gasteiger partial charge in [-0.15, -0.1) is 0 Å². The quantitative estimate of drug-likeness (QED) is 0.814. The maximum Gasteiger partial charge on any atom is 0.213 e. The molecule has 3 nitrogen and oxygen atoms in total. The van der Waals surface area contributed by atoms with E-state index in [9.17, 15) is 0 Å². The van der Waals surface area contributed by atoms with E-state index in [0.717, 1.165) is 4.47 Å². The molecule has 0 aliphatic rings. The van der Waals surface area contributed by atoms with E-state index in [2.05, 4.69) is 20.9 Å². The predicted octanol–water partition coefficient (Wildman–Crippen LogP) is 1.34. The molecular formula is C7H8BrNO2. The number of aromatic nitrogens is 1. The third-order valence-electron chi connectivity index (χ3n) is 1.25. The third-order valence-corrected chi connectivity index (χ3v) is 1.97. The van der Waals surface area contributed by atoms with Crippen molar-refractivity contribution in [1.29, 1.82) is 0 Å². The SMILES string of the molecule is COc1ccc(Br)c(CO)n1. The molecule has 1 aromatic rings. The van der Waals surface area contributed by atoms with Gasteiger partial charge in [0, 0.05) is 10.5 Å². The predicted molar refractivity (Wildman–Crippen MR) is 44.4 cm³/mol. The molecule has 0 fully saturated rings. The molecule has 1 N–H and O–H groups in total. The van der Waals surface area contributed by atoms with Crippen LogP contribution in [-0.2, 0) is 6.61 Å². The molecule has 1 rings (SSSR count). The number of halogens is 1. The molecule has 0 saturated carbocycles. The molecule has 1 heterocycles. The number of methoxy groups -OCH3 is 1.